The molecule has 1 nitrogen and oxygen atoms in total. The molecule has 0 spiro atoms. The fraction of sp³-hybridized carbons (Fsp3) is 0.188. The van der Waals surface area contributed by atoms with Gasteiger partial charge in [0.15, 0.2) is 0 Å². The first-order valence-corrected chi connectivity index (χ1v) is 6.77. The van der Waals surface area contributed by atoms with Crippen LogP contribution in [0.3, 0.4) is 0 Å². The molecule has 2 heteroatoms. The van der Waals surface area contributed by atoms with E-state index in [9.17, 15) is 5.26 Å². The molecule has 0 aromatic heterocycles. The monoisotopic (exact) mass is 255 g/mol. The lowest BCUT2D eigenvalue weighted by Gasteiger charge is -2.13. The predicted octanol–water partition coefficient (Wildman–Crippen LogP) is 4.29. The van der Waals surface area contributed by atoms with E-state index in [0.29, 0.717) is 6.42 Å². The molecular formula is C16H17NS. The van der Waals surface area contributed by atoms with E-state index in [4.69, 9.17) is 0 Å². The van der Waals surface area contributed by atoms with Crippen molar-refractivity contribution in [2.45, 2.75) is 17.7 Å². The minimum atomic E-state index is 0.717. The molecule has 1 rings (SSSR count). The Labute approximate surface area is 114 Å². The molecule has 0 saturated carbocycles. The first-order valence-electron chi connectivity index (χ1n) is 5.78. The van der Waals surface area contributed by atoms with Crippen LogP contribution in [-0.4, -0.2) is 5.75 Å². The summed E-state index contributed by atoms with van der Waals surface area (Å²) in [5.41, 5.74) is 2.99. The molecule has 0 radical (unpaired) electrons. The Balaban J connectivity index is 3.30. The van der Waals surface area contributed by atoms with Gasteiger partial charge in [0.2, 0.25) is 0 Å². The van der Waals surface area contributed by atoms with Gasteiger partial charge in [-0.2, -0.15) is 5.26 Å². The topological polar surface area (TPSA) is 23.8 Å². The van der Waals surface area contributed by atoms with E-state index >= 15 is 0 Å². The van der Waals surface area contributed by atoms with E-state index < -0.39 is 0 Å². The van der Waals surface area contributed by atoms with E-state index in [0.717, 1.165) is 23.3 Å². The van der Waals surface area contributed by atoms with Crippen LogP contribution in [0.15, 0.2) is 55.0 Å². The standard InChI is InChI=1S/C16H17NS/c1-4-7-14-13(12-17)9-10-16(18-11-6-3)15(14)8-5-2/h4-6,9-10H,1-3,7-8,11H2. The maximum absolute atomic E-state index is 9.17. The highest BCUT2D eigenvalue weighted by atomic mass is 32.2. The van der Waals surface area contributed by atoms with Gasteiger partial charge in [0.25, 0.3) is 0 Å². The molecule has 92 valence electrons. The normalized spacial score (nSPS) is 9.50. The van der Waals surface area contributed by atoms with Crippen molar-refractivity contribution < 1.29 is 0 Å². The molecule has 0 bridgehead atoms. The minimum Gasteiger partial charge on any atom is -0.192 e. The molecule has 0 aliphatic rings. The Hall–Kier alpha value is -1.72. The van der Waals surface area contributed by atoms with Gasteiger partial charge in [-0.25, -0.2) is 0 Å². The Kier molecular flexibility index (Phi) is 6.04. The quantitative estimate of drug-likeness (QED) is 0.536. The van der Waals surface area contributed by atoms with Crippen molar-refractivity contribution in [2.24, 2.45) is 0 Å². The van der Waals surface area contributed by atoms with Crippen molar-refractivity contribution in [2.75, 3.05) is 5.75 Å². The van der Waals surface area contributed by atoms with Gasteiger partial charge in [-0.05, 0) is 36.1 Å². The SMILES string of the molecule is C=CCSc1ccc(C#N)c(CC=C)c1CC=C. The summed E-state index contributed by atoms with van der Waals surface area (Å²) in [5, 5.41) is 9.17. The highest BCUT2D eigenvalue weighted by molar-refractivity contribution is 7.99. The van der Waals surface area contributed by atoms with Gasteiger partial charge >= 0.3 is 0 Å². The highest BCUT2D eigenvalue weighted by Gasteiger charge is 2.11. The Bertz CT molecular complexity index is 495. The average molecular weight is 255 g/mol. The van der Waals surface area contributed by atoms with E-state index in [1.165, 1.54) is 10.5 Å². The summed E-state index contributed by atoms with van der Waals surface area (Å²) < 4.78 is 0. The van der Waals surface area contributed by atoms with Gasteiger partial charge in [-0.15, -0.1) is 31.5 Å². The summed E-state index contributed by atoms with van der Waals surface area (Å²) in [6.45, 7) is 11.3. The van der Waals surface area contributed by atoms with Gasteiger partial charge in [0, 0.05) is 10.6 Å². The number of nitrogens with zero attached hydrogens (tertiary/aromatic N) is 1. The lowest BCUT2D eigenvalue weighted by Crippen LogP contribution is -1.99. The van der Waals surface area contributed by atoms with Crippen molar-refractivity contribution in [3.63, 3.8) is 0 Å². The van der Waals surface area contributed by atoms with Gasteiger partial charge in [-0.3, -0.25) is 0 Å². The van der Waals surface area contributed by atoms with Crippen LogP contribution in [0.25, 0.3) is 0 Å². The number of hydrogen-bond donors (Lipinski definition) is 0. The highest BCUT2D eigenvalue weighted by Crippen LogP contribution is 2.29. The van der Waals surface area contributed by atoms with Crippen LogP contribution in [0, 0.1) is 11.3 Å². The molecule has 0 amide bonds. The van der Waals surface area contributed by atoms with Crippen LogP contribution >= 0.6 is 11.8 Å². The number of benzene rings is 1. The van der Waals surface area contributed by atoms with Gasteiger partial charge < -0.3 is 0 Å². The zero-order chi connectivity index (χ0) is 13.4. The van der Waals surface area contributed by atoms with Crippen molar-refractivity contribution in [3.8, 4) is 6.07 Å². The summed E-state index contributed by atoms with van der Waals surface area (Å²) >= 11 is 1.74. The second-order valence-electron chi connectivity index (χ2n) is 3.77. The van der Waals surface area contributed by atoms with E-state index in [2.05, 4.69) is 25.8 Å². The smallest absolute Gasteiger partial charge is 0.0994 e. The van der Waals surface area contributed by atoms with Crippen LogP contribution < -0.4 is 0 Å². The molecular weight excluding hydrogens is 238 g/mol. The van der Waals surface area contributed by atoms with Gasteiger partial charge in [0.05, 0.1) is 11.6 Å². The second-order valence-corrected chi connectivity index (χ2v) is 4.83. The Morgan fingerprint density at radius 3 is 2.28 bits per heavy atom. The largest absolute Gasteiger partial charge is 0.192 e. The summed E-state index contributed by atoms with van der Waals surface area (Å²) in [6.07, 6.45) is 7.09. The molecule has 0 aliphatic heterocycles. The number of hydrogen-bond acceptors (Lipinski definition) is 2. The molecule has 0 aliphatic carbocycles. The van der Waals surface area contributed by atoms with Crippen LogP contribution in [0.2, 0.25) is 0 Å². The number of allylic oxidation sites excluding steroid dienone is 2. The molecule has 0 saturated heterocycles. The Morgan fingerprint density at radius 2 is 1.72 bits per heavy atom. The first kappa shape index (κ1) is 14.3. The third-order valence-electron chi connectivity index (χ3n) is 2.56. The third kappa shape index (κ3) is 3.38. The molecule has 0 N–H and O–H groups in total. The molecule has 0 heterocycles. The minimum absolute atomic E-state index is 0.717. The van der Waals surface area contributed by atoms with E-state index in [1.54, 1.807) is 11.8 Å². The summed E-state index contributed by atoms with van der Waals surface area (Å²) in [6, 6.07) is 6.15. The van der Waals surface area contributed by atoms with Crippen LogP contribution in [0.1, 0.15) is 16.7 Å². The number of thioether (sulfide) groups is 1. The van der Waals surface area contributed by atoms with Crippen molar-refractivity contribution in [1.29, 1.82) is 5.26 Å². The fourth-order valence-corrected chi connectivity index (χ4v) is 2.65. The molecule has 0 atom stereocenters. The van der Waals surface area contributed by atoms with Gasteiger partial charge in [0.1, 0.15) is 0 Å². The third-order valence-corrected chi connectivity index (χ3v) is 3.66. The van der Waals surface area contributed by atoms with E-state index in [-0.39, 0.29) is 0 Å². The lowest BCUT2D eigenvalue weighted by molar-refractivity contribution is 1.08. The average Bonchev–Trinajstić information content (AvgIpc) is 2.39. The summed E-state index contributed by atoms with van der Waals surface area (Å²) in [7, 11) is 0. The van der Waals surface area contributed by atoms with E-state index in [1.807, 2.05) is 30.4 Å². The summed E-state index contributed by atoms with van der Waals surface area (Å²) in [5.74, 6) is 0.865. The maximum atomic E-state index is 9.17. The Morgan fingerprint density at radius 1 is 1.06 bits per heavy atom. The fourth-order valence-electron chi connectivity index (χ4n) is 1.81. The van der Waals surface area contributed by atoms with Crippen molar-refractivity contribution in [3.05, 3.63) is 66.8 Å². The predicted molar refractivity (Wildman–Crippen MR) is 79.9 cm³/mol. The number of nitriles is 1. The number of rotatable bonds is 7. The van der Waals surface area contributed by atoms with Gasteiger partial charge in [-0.1, -0.05) is 18.2 Å². The maximum Gasteiger partial charge on any atom is 0.0994 e. The summed E-state index contributed by atoms with van der Waals surface area (Å²) in [4.78, 5) is 1.20. The van der Waals surface area contributed by atoms with Crippen LogP contribution in [0.5, 0.6) is 0 Å². The second kappa shape index (κ2) is 7.58. The molecule has 1 aromatic rings. The molecule has 18 heavy (non-hydrogen) atoms. The van der Waals surface area contributed by atoms with Crippen LogP contribution in [0.4, 0.5) is 0 Å². The molecule has 0 fully saturated rings. The lowest BCUT2D eigenvalue weighted by atomic mass is 9.96. The molecule has 1 aromatic carbocycles. The zero-order valence-electron chi connectivity index (χ0n) is 10.5. The first-order chi connectivity index (χ1) is 8.78. The van der Waals surface area contributed by atoms with Crippen molar-refractivity contribution >= 4 is 11.8 Å². The zero-order valence-corrected chi connectivity index (χ0v) is 11.3. The van der Waals surface area contributed by atoms with Crippen LogP contribution in [-0.2, 0) is 12.8 Å². The van der Waals surface area contributed by atoms with Crippen molar-refractivity contribution in [1.82, 2.24) is 0 Å². The molecule has 0 unspecified atom stereocenters.